The Hall–Kier alpha value is -1.06. The van der Waals surface area contributed by atoms with Gasteiger partial charge < -0.3 is 9.73 Å². The van der Waals surface area contributed by atoms with Crippen molar-refractivity contribution in [3.05, 3.63) is 46.5 Å². The molecule has 0 aliphatic rings. The Morgan fingerprint density at radius 3 is 3.00 bits per heavy atom. The number of thiophene rings is 1. The van der Waals surface area contributed by atoms with Crippen LogP contribution in [0.1, 0.15) is 31.1 Å². The van der Waals surface area contributed by atoms with E-state index in [2.05, 4.69) is 35.1 Å². The molecule has 0 bridgehead atoms. The smallest absolute Gasteiger partial charge is 0.103 e. The number of hydrogen-bond acceptors (Lipinski definition) is 3. The topological polar surface area (TPSA) is 25.2 Å². The molecule has 0 aliphatic heterocycles. The van der Waals surface area contributed by atoms with Crippen molar-refractivity contribution in [2.75, 3.05) is 6.54 Å². The van der Waals surface area contributed by atoms with Crippen LogP contribution in [0.4, 0.5) is 0 Å². The Kier molecular flexibility index (Phi) is 5.49. The Balaban J connectivity index is 1.84. The lowest BCUT2D eigenvalue weighted by molar-refractivity contribution is 0.441. The largest absolute Gasteiger partial charge is 0.469 e. The minimum absolute atomic E-state index is 0.546. The number of furan rings is 1. The van der Waals surface area contributed by atoms with Crippen molar-refractivity contribution < 1.29 is 4.42 Å². The maximum Gasteiger partial charge on any atom is 0.103 e. The monoisotopic (exact) mass is 263 g/mol. The van der Waals surface area contributed by atoms with E-state index in [0.717, 1.165) is 31.6 Å². The molecule has 98 valence electrons. The van der Waals surface area contributed by atoms with Crippen LogP contribution in [0.15, 0.2) is 39.6 Å². The molecule has 0 spiro atoms. The zero-order valence-corrected chi connectivity index (χ0v) is 11.7. The van der Waals surface area contributed by atoms with Crippen molar-refractivity contribution in [2.24, 2.45) is 0 Å². The molecular weight excluding hydrogens is 242 g/mol. The van der Waals surface area contributed by atoms with Gasteiger partial charge in [-0.25, -0.2) is 0 Å². The summed E-state index contributed by atoms with van der Waals surface area (Å²) >= 11 is 1.77. The Labute approximate surface area is 113 Å². The molecular formula is C15H21NOS. The highest BCUT2D eigenvalue weighted by Crippen LogP contribution is 2.13. The highest BCUT2D eigenvalue weighted by Gasteiger charge is 2.10. The SMILES string of the molecule is CCCNC(CCc1ccco1)Cc1ccsc1. The minimum Gasteiger partial charge on any atom is -0.469 e. The molecule has 18 heavy (non-hydrogen) atoms. The summed E-state index contributed by atoms with van der Waals surface area (Å²) in [5.41, 5.74) is 1.44. The summed E-state index contributed by atoms with van der Waals surface area (Å²) < 4.78 is 5.40. The van der Waals surface area contributed by atoms with Gasteiger partial charge in [-0.1, -0.05) is 6.92 Å². The molecule has 1 atom stereocenters. The summed E-state index contributed by atoms with van der Waals surface area (Å²) in [5.74, 6) is 1.09. The van der Waals surface area contributed by atoms with Gasteiger partial charge in [-0.15, -0.1) is 0 Å². The summed E-state index contributed by atoms with van der Waals surface area (Å²) in [5, 5.41) is 8.03. The molecule has 0 aromatic carbocycles. The second kappa shape index (κ2) is 7.39. The van der Waals surface area contributed by atoms with Crippen molar-refractivity contribution in [1.82, 2.24) is 5.32 Å². The Morgan fingerprint density at radius 2 is 2.33 bits per heavy atom. The second-order valence-corrected chi connectivity index (χ2v) is 5.38. The molecule has 0 fully saturated rings. The van der Waals surface area contributed by atoms with E-state index in [1.165, 1.54) is 12.0 Å². The van der Waals surface area contributed by atoms with Crippen LogP contribution in [-0.2, 0) is 12.8 Å². The van der Waals surface area contributed by atoms with Gasteiger partial charge in [0.1, 0.15) is 5.76 Å². The number of hydrogen-bond donors (Lipinski definition) is 1. The van der Waals surface area contributed by atoms with Gasteiger partial charge in [-0.2, -0.15) is 11.3 Å². The first-order valence-electron chi connectivity index (χ1n) is 6.65. The van der Waals surface area contributed by atoms with E-state index in [1.807, 2.05) is 6.07 Å². The average molecular weight is 263 g/mol. The van der Waals surface area contributed by atoms with Crippen molar-refractivity contribution in [3.8, 4) is 0 Å². The molecule has 0 aliphatic carbocycles. The molecule has 2 nitrogen and oxygen atoms in total. The van der Waals surface area contributed by atoms with Crippen LogP contribution in [0.3, 0.4) is 0 Å². The fourth-order valence-electron chi connectivity index (χ4n) is 2.09. The molecule has 1 N–H and O–H groups in total. The quantitative estimate of drug-likeness (QED) is 0.781. The van der Waals surface area contributed by atoms with Crippen molar-refractivity contribution in [1.29, 1.82) is 0 Å². The third kappa shape index (κ3) is 4.31. The van der Waals surface area contributed by atoms with Crippen molar-refractivity contribution in [3.63, 3.8) is 0 Å². The summed E-state index contributed by atoms with van der Waals surface area (Å²) in [6.07, 6.45) is 6.19. The van der Waals surface area contributed by atoms with Gasteiger partial charge in [-0.05, 0) is 60.3 Å². The van der Waals surface area contributed by atoms with E-state index in [0.29, 0.717) is 6.04 Å². The molecule has 2 aromatic rings. The second-order valence-electron chi connectivity index (χ2n) is 4.60. The first-order chi connectivity index (χ1) is 8.88. The third-order valence-corrected chi connectivity index (χ3v) is 3.80. The van der Waals surface area contributed by atoms with Crippen LogP contribution < -0.4 is 5.32 Å². The summed E-state index contributed by atoms with van der Waals surface area (Å²) in [4.78, 5) is 0. The number of nitrogens with one attached hydrogen (secondary N) is 1. The fraction of sp³-hybridized carbons (Fsp3) is 0.467. The van der Waals surface area contributed by atoms with Gasteiger partial charge in [0.25, 0.3) is 0 Å². The van der Waals surface area contributed by atoms with Gasteiger partial charge >= 0.3 is 0 Å². The third-order valence-electron chi connectivity index (χ3n) is 3.06. The van der Waals surface area contributed by atoms with Gasteiger partial charge in [-0.3, -0.25) is 0 Å². The highest BCUT2D eigenvalue weighted by atomic mass is 32.1. The fourth-order valence-corrected chi connectivity index (χ4v) is 2.77. The Morgan fingerprint density at radius 1 is 1.39 bits per heavy atom. The van der Waals surface area contributed by atoms with E-state index < -0.39 is 0 Å². The lowest BCUT2D eigenvalue weighted by Crippen LogP contribution is -2.32. The molecule has 3 heteroatoms. The molecule has 2 heterocycles. The summed E-state index contributed by atoms with van der Waals surface area (Å²) in [6.45, 7) is 3.30. The maximum atomic E-state index is 5.40. The van der Waals surface area contributed by atoms with Gasteiger partial charge in [0, 0.05) is 12.5 Å². The molecule has 2 rings (SSSR count). The summed E-state index contributed by atoms with van der Waals surface area (Å²) in [6, 6.07) is 6.78. The van der Waals surface area contributed by atoms with Crippen LogP contribution in [-0.4, -0.2) is 12.6 Å². The normalized spacial score (nSPS) is 12.7. The van der Waals surface area contributed by atoms with Crippen LogP contribution in [0.25, 0.3) is 0 Å². The molecule has 0 saturated heterocycles. The number of rotatable bonds is 8. The Bertz CT molecular complexity index is 408. The molecule has 0 saturated carbocycles. The van der Waals surface area contributed by atoms with E-state index in [-0.39, 0.29) is 0 Å². The number of aryl methyl sites for hydroxylation is 1. The zero-order valence-electron chi connectivity index (χ0n) is 10.9. The van der Waals surface area contributed by atoms with E-state index in [4.69, 9.17) is 4.42 Å². The lowest BCUT2D eigenvalue weighted by atomic mass is 10.0. The highest BCUT2D eigenvalue weighted by molar-refractivity contribution is 7.07. The predicted octanol–water partition coefficient (Wildman–Crippen LogP) is 3.88. The molecule has 2 aromatic heterocycles. The zero-order chi connectivity index (χ0) is 12.6. The standard InChI is InChI=1S/C15H21NOS/c1-2-8-16-14(11-13-7-10-18-12-13)5-6-15-4-3-9-17-15/h3-4,7,9-10,12,14,16H,2,5-6,8,11H2,1H3. The van der Waals surface area contributed by atoms with Gasteiger partial charge in [0.2, 0.25) is 0 Å². The van der Waals surface area contributed by atoms with E-state index >= 15 is 0 Å². The van der Waals surface area contributed by atoms with Crippen LogP contribution >= 0.6 is 11.3 Å². The maximum absolute atomic E-state index is 5.40. The average Bonchev–Trinajstić information content (AvgIpc) is 3.05. The molecule has 0 radical (unpaired) electrons. The minimum atomic E-state index is 0.546. The van der Waals surface area contributed by atoms with Crippen molar-refractivity contribution in [2.45, 2.75) is 38.6 Å². The van der Waals surface area contributed by atoms with Crippen LogP contribution in [0, 0.1) is 0 Å². The molecule has 0 amide bonds. The van der Waals surface area contributed by atoms with E-state index in [1.54, 1.807) is 17.6 Å². The first-order valence-corrected chi connectivity index (χ1v) is 7.59. The molecule has 1 unspecified atom stereocenters. The lowest BCUT2D eigenvalue weighted by Gasteiger charge is -2.17. The van der Waals surface area contributed by atoms with Gasteiger partial charge in [0.15, 0.2) is 0 Å². The predicted molar refractivity (Wildman–Crippen MR) is 77.1 cm³/mol. The van der Waals surface area contributed by atoms with Crippen LogP contribution in [0.2, 0.25) is 0 Å². The van der Waals surface area contributed by atoms with Gasteiger partial charge in [0.05, 0.1) is 6.26 Å². The van der Waals surface area contributed by atoms with Crippen LogP contribution in [0.5, 0.6) is 0 Å². The first kappa shape index (κ1) is 13.4. The van der Waals surface area contributed by atoms with E-state index in [9.17, 15) is 0 Å². The van der Waals surface area contributed by atoms with Crippen molar-refractivity contribution >= 4 is 11.3 Å². The summed E-state index contributed by atoms with van der Waals surface area (Å²) in [7, 11) is 0.